The zero-order valence-electron chi connectivity index (χ0n) is 3.25. The smallest absolute Gasteiger partial charge is 0.300 e. The van der Waals surface area contributed by atoms with Gasteiger partial charge >= 0.3 is 0 Å². The molecular weight excluding hydrogens is 86.0 g/mol. The van der Waals surface area contributed by atoms with Crippen molar-refractivity contribution in [3.8, 4) is 0 Å². The zero-order chi connectivity index (χ0) is 5.21. The highest BCUT2D eigenvalue weighted by Crippen LogP contribution is 1.93. The van der Waals surface area contributed by atoms with Crippen LogP contribution in [0.2, 0.25) is 0 Å². The van der Waals surface area contributed by atoms with Crippen LogP contribution in [0.1, 0.15) is 6.92 Å². The van der Waals surface area contributed by atoms with Crippen LogP contribution in [0.3, 0.4) is 0 Å². The minimum atomic E-state index is -2.39. The molecule has 0 atom stereocenters. The molecule has 0 aromatic carbocycles. The van der Waals surface area contributed by atoms with Crippen LogP contribution in [0.15, 0.2) is 5.18 Å². The predicted molar refractivity (Wildman–Crippen MR) is 18.6 cm³/mol. The van der Waals surface area contributed by atoms with Crippen LogP contribution in [0.5, 0.6) is 0 Å². The SMILES string of the molecule is CC(O)(O)N=O. The summed E-state index contributed by atoms with van der Waals surface area (Å²) in [5.74, 6) is -2.39. The van der Waals surface area contributed by atoms with E-state index >= 15 is 0 Å². The Morgan fingerprint density at radius 1 is 1.67 bits per heavy atom. The molecule has 0 aliphatic heterocycles. The van der Waals surface area contributed by atoms with Crippen molar-refractivity contribution < 1.29 is 10.2 Å². The monoisotopic (exact) mass is 91.0 g/mol. The lowest BCUT2D eigenvalue weighted by Crippen LogP contribution is -2.17. The van der Waals surface area contributed by atoms with Crippen LogP contribution < -0.4 is 0 Å². The van der Waals surface area contributed by atoms with Gasteiger partial charge in [-0.2, -0.15) is 0 Å². The van der Waals surface area contributed by atoms with Gasteiger partial charge in [0.15, 0.2) is 0 Å². The summed E-state index contributed by atoms with van der Waals surface area (Å²) in [6.07, 6.45) is 0. The lowest BCUT2D eigenvalue weighted by Gasteiger charge is -1.99. The van der Waals surface area contributed by atoms with Crippen LogP contribution in [0.4, 0.5) is 0 Å². The molecular formula is C2H5NO3. The van der Waals surface area contributed by atoms with Crippen molar-refractivity contribution >= 4 is 0 Å². The average Bonchev–Trinajstić information content (AvgIpc) is 1.35. The molecule has 0 spiro atoms. The van der Waals surface area contributed by atoms with E-state index in [4.69, 9.17) is 15.1 Å². The van der Waals surface area contributed by atoms with E-state index in [2.05, 4.69) is 0 Å². The second kappa shape index (κ2) is 1.32. The Morgan fingerprint density at radius 2 is 1.83 bits per heavy atom. The van der Waals surface area contributed by atoms with E-state index in [0.717, 1.165) is 6.92 Å². The zero-order valence-corrected chi connectivity index (χ0v) is 3.25. The predicted octanol–water partition coefficient (Wildman–Crippen LogP) is -0.589. The summed E-state index contributed by atoms with van der Waals surface area (Å²) in [6, 6.07) is 0. The molecule has 0 saturated heterocycles. The van der Waals surface area contributed by atoms with E-state index in [-0.39, 0.29) is 0 Å². The standard InChI is InChI=1S/C2H5NO3/c1-2(4,5)3-6/h4-5H,1H3. The third kappa shape index (κ3) is 3.52. The fourth-order valence-electron chi connectivity index (χ4n) is 0. The number of nitrogens with zero attached hydrogens (tertiary/aromatic N) is 1. The van der Waals surface area contributed by atoms with Crippen molar-refractivity contribution in [2.45, 2.75) is 12.8 Å². The molecule has 4 nitrogen and oxygen atoms in total. The maximum atomic E-state index is 9.08. The Labute approximate surface area is 34.4 Å². The minimum Gasteiger partial charge on any atom is -0.345 e. The van der Waals surface area contributed by atoms with Crippen LogP contribution in [-0.4, -0.2) is 16.1 Å². The Balaban J connectivity index is 3.45. The van der Waals surface area contributed by atoms with Gasteiger partial charge in [0.2, 0.25) is 0 Å². The lowest BCUT2D eigenvalue weighted by molar-refractivity contribution is -0.137. The van der Waals surface area contributed by atoms with Crippen molar-refractivity contribution in [2.75, 3.05) is 0 Å². The molecule has 2 N–H and O–H groups in total. The van der Waals surface area contributed by atoms with Crippen molar-refractivity contribution in [3.63, 3.8) is 0 Å². The second-order valence-corrected chi connectivity index (χ2v) is 1.06. The number of nitroso groups, excluding NO2 is 1. The summed E-state index contributed by atoms with van der Waals surface area (Å²) in [5.41, 5.74) is 0. The Hall–Kier alpha value is -0.480. The molecule has 6 heavy (non-hydrogen) atoms. The highest BCUT2D eigenvalue weighted by Gasteiger charge is 2.12. The van der Waals surface area contributed by atoms with Crippen molar-refractivity contribution in [2.24, 2.45) is 5.18 Å². The lowest BCUT2D eigenvalue weighted by atomic mass is 10.6. The molecule has 0 unspecified atom stereocenters. The molecule has 0 fully saturated rings. The number of hydrogen-bond acceptors (Lipinski definition) is 4. The van der Waals surface area contributed by atoms with Gasteiger partial charge < -0.3 is 10.2 Å². The van der Waals surface area contributed by atoms with E-state index in [1.807, 2.05) is 5.18 Å². The van der Waals surface area contributed by atoms with Gasteiger partial charge in [-0.15, -0.1) is 4.91 Å². The summed E-state index contributed by atoms with van der Waals surface area (Å²) < 4.78 is 0. The number of aliphatic hydroxyl groups is 2. The Bertz CT molecular complexity index is 54.3. The molecule has 0 rings (SSSR count). The first-order valence-electron chi connectivity index (χ1n) is 1.35. The van der Waals surface area contributed by atoms with Gasteiger partial charge in [0, 0.05) is 6.92 Å². The molecule has 0 aromatic heterocycles. The molecule has 4 heteroatoms. The second-order valence-electron chi connectivity index (χ2n) is 1.06. The average molecular weight is 91.1 g/mol. The highest BCUT2D eigenvalue weighted by molar-refractivity contribution is 4.45. The quantitative estimate of drug-likeness (QED) is 0.334. The first kappa shape index (κ1) is 5.52. The van der Waals surface area contributed by atoms with Crippen molar-refractivity contribution in [1.82, 2.24) is 0 Å². The minimum absolute atomic E-state index is 0.875. The summed E-state index contributed by atoms with van der Waals surface area (Å²) in [4.78, 5) is 9.08. The summed E-state index contributed by atoms with van der Waals surface area (Å²) in [6.45, 7) is 0.875. The van der Waals surface area contributed by atoms with E-state index in [1.165, 1.54) is 0 Å². The summed E-state index contributed by atoms with van der Waals surface area (Å²) in [5, 5.41) is 17.7. The molecule has 0 aliphatic carbocycles. The maximum absolute atomic E-state index is 9.08. The van der Waals surface area contributed by atoms with Gasteiger partial charge in [-0.05, 0) is 5.18 Å². The third-order valence-electron chi connectivity index (χ3n) is 0.173. The van der Waals surface area contributed by atoms with E-state index in [0.29, 0.717) is 0 Å². The first-order chi connectivity index (χ1) is 2.56. The van der Waals surface area contributed by atoms with Crippen LogP contribution in [0.25, 0.3) is 0 Å². The Morgan fingerprint density at radius 3 is 1.83 bits per heavy atom. The van der Waals surface area contributed by atoms with Gasteiger partial charge in [0.25, 0.3) is 5.91 Å². The molecule has 0 aliphatic rings. The normalized spacial score (nSPS) is 11.2. The van der Waals surface area contributed by atoms with E-state index in [1.54, 1.807) is 0 Å². The van der Waals surface area contributed by atoms with Gasteiger partial charge in [0.05, 0.1) is 0 Å². The topological polar surface area (TPSA) is 69.9 Å². The molecule has 36 valence electrons. The molecule has 0 bridgehead atoms. The fraction of sp³-hybridized carbons (Fsp3) is 1.00. The van der Waals surface area contributed by atoms with E-state index < -0.39 is 5.91 Å². The van der Waals surface area contributed by atoms with Gasteiger partial charge in [0.1, 0.15) is 0 Å². The van der Waals surface area contributed by atoms with Crippen molar-refractivity contribution in [3.05, 3.63) is 4.91 Å². The fourth-order valence-corrected chi connectivity index (χ4v) is 0. The summed E-state index contributed by atoms with van der Waals surface area (Å²) >= 11 is 0. The summed E-state index contributed by atoms with van der Waals surface area (Å²) in [7, 11) is 0. The highest BCUT2D eigenvalue weighted by atomic mass is 16.5. The molecule has 0 saturated carbocycles. The largest absolute Gasteiger partial charge is 0.345 e. The molecule has 0 heterocycles. The van der Waals surface area contributed by atoms with Gasteiger partial charge in [-0.25, -0.2) is 0 Å². The van der Waals surface area contributed by atoms with Gasteiger partial charge in [-0.3, -0.25) is 0 Å². The first-order valence-corrected chi connectivity index (χ1v) is 1.35. The van der Waals surface area contributed by atoms with E-state index in [9.17, 15) is 0 Å². The van der Waals surface area contributed by atoms with Crippen LogP contribution >= 0.6 is 0 Å². The van der Waals surface area contributed by atoms with Gasteiger partial charge in [-0.1, -0.05) is 0 Å². The maximum Gasteiger partial charge on any atom is 0.300 e. The van der Waals surface area contributed by atoms with Crippen LogP contribution in [0, 0.1) is 4.91 Å². The molecule has 0 aromatic rings. The Kier molecular flexibility index (Phi) is 1.21. The number of hydrogen-bond donors (Lipinski definition) is 2. The molecule has 0 amide bonds. The third-order valence-corrected chi connectivity index (χ3v) is 0.173. The van der Waals surface area contributed by atoms with Crippen molar-refractivity contribution in [1.29, 1.82) is 0 Å². The number of rotatable bonds is 1. The van der Waals surface area contributed by atoms with Crippen LogP contribution in [-0.2, 0) is 0 Å². The molecule has 0 radical (unpaired) electrons.